The predicted octanol–water partition coefficient (Wildman–Crippen LogP) is 3.32. The normalized spacial score (nSPS) is 16.5. The smallest absolute Gasteiger partial charge is 0.252 e. The molecule has 10 nitrogen and oxygen atoms in total. The lowest BCUT2D eigenvalue weighted by atomic mass is 9.87. The fourth-order valence-corrected chi connectivity index (χ4v) is 4.32. The minimum atomic E-state index is -0.901. The first-order valence-corrected chi connectivity index (χ1v) is 11.3. The van der Waals surface area contributed by atoms with Crippen molar-refractivity contribution in [1.29, 1.82) is 0 Å². The molecule has 1 fully saturated rings. The number of rotatable bonds is 9. The number of aromatic hydroxyl groups is 1. The maximum Gasteiger partial charge on any atom is 0.252 e. The number of amides is 2. The average molecular weight is 509 g/mol. The highest BCUT2D eigenvalue weighted by Gasteiger charge is 2.50. The predicted molar refractivity (Wildman–Crippen MR) is 135 cm³/mol. The van der Waals surface area contributed by atoms with Crippen molar-refractivity contribution in [2.45, 2.75) is 12.1 Å². The largest absolute Gasteiger partial charge is 0.504 e. The summed E-state index contributed by atoms with van der Waals surface area (Å²) in [5.41, 5.74) is 1.43. The van der Waals surface area contributed by atoms with E-state index in [0.29, 0.717) is 39.8 Å². The first-order valence-electron chi connectivity index (χ1n) is 11.3. The van der Waals surface area contributed by atoms with Gasteiger partial charge in [0.05, 0.1) is 47.3 Å². The molecule has 3 aromatic rings. The molecule has 0 aromatic heterocycles. The minimum absolute atomic E-state index is 0.0931. The third-order valence-corrected chi connectivity index (χ3v) is 6.21. The fraction of sp³-hybridized carbons (Fsp3) is 0.259. The van der Waals surface area contributed by atoms with Crippen molar-refractivity contribution in [3.05, 3.63) is 65.7 Å². The molecule has 0 bridgehead atoms. The monoisotopic (exact) mass is 508 g/mol. The van der Waals surface area contributed by atoms with E-state index >= 15 is 0 Å². The molecule has 1 aliphatic rings. The van der Waals surface area contributed by atoms with Crippen molar-refractivity contribution in [2.24, 2.45) is 0 Å². The summed E-state index contributed by atoms with van der Waals surface area (Å²) in [6.07, 6.45) is 0. The number of nitrogens with one attached hydrogen (secondary N) is 1. The van der Waals surface area contributed by atoms with Crippen molar-refractivity contribution < 1.29 is 38.4 Å². The molecule has 2 N–H and O–H groups in total. The van der Waals surface area contributed by atoms with Crippen LogP contribution in [-0.2, 0) is 4.79 Å². The molecular weight excluding hydrogens is 480 g/mol. The third-order valence-electron chi connectivity index (χ3n) is 6.21. The van der Waals surface area contributed by atoms with Gasteiger partial charge >= 0.3 is 0 Å². The zero-order valence-electron chi connectivity index (χ0n) is 21.1. The highest BCUT2D eigenvalue weighted by atomic mass is 16.5. The second-order valence-electron chi connectivity index (χ2n) is 8.15. The van der Waals surface area contributed by atoms with Crippen molar-refractivity contribution in [2.75, 3.05) is 40.4 Å². The van der Waals surface area contributed by atoms with Gasteiger partial charge in [0.15, 0.2) is 23.0 Å². The molecule has 194 valence electrons. The van der Waals surface area contributed by atoms with Crippen LogP contribution < -0.4 is 33.9 Å². The van der Waals surface area contributed by atoms with Crippen molar-refractivity contribution in [1.82, 2.24) is 5.32 Å². The summed E-state index contributed by atoms with van der Waals surface area (Å²) in [5, 5.41) is 13.3. The number of hydrogen-bond acceptors (Lipinski definition) is 8. The lowest BCUT2D eigenvalue weighted by Gasteiger charge is -2.47. The number of phenols is 1. The van der Waals surface area contributed by atoms with Crippen molar-refractivity contribution >= 4 is 17.5 Å². The van der Waals surface area contributed by atoms with E-state index in [1.54, 1.807) is 48.5 Å². The molecule has 2 atom stereocenters. The molecule has 0 radical (unpaired) electrons. The maximum absolute atomic E-state index is 13.5. The third kappa shape index (κ3) is 4.65. The van der Waals surface area contributed by atoms with E-state index in [1.807, 2.05) is 0 Å². The van der Waals surface area contributed by atoms with Crippen LogP contribution in [0.1, 0.15) is 22.0 Å². The van der Waals surface area contributed by atoms with Gasteiger partial charge < -0.3 is 39.0 Å². The molecule has 3 aromatic carbocycles. The van der Waals surface area contributed by atoms with E-state index in [2.05, 4.69) is 5.32 Å². The van der Waals surface area contributed by atoms with Crippen LogP contribution in [0.15, 0.2) is 54.6 Å². The summed E-state index contributed by atoms with van der Waals surface area (Å²) < 4.78 is 26.6. The molecule has 10 heteroatoms. The first-order chi connectivity index (χ1) is 17.9. The highest BCUT2D eigenvalue weighted by molar-refractivity contribution is 6.09. The maximum atomic E-state index is 13.5. The van der Waals surface area contributed by atoms with Gasteiger partial charge in [0.2, 0.25) is 5.75 Å². The van der Waals surface area contributed by atoms with Gasteiger partial charge in [-0.05, 0) is 42.0 Å². The molecule has 0 spiro atoms. The Balaban J connectivity index is 1.73. The highest BCUT2D eigenvalue weighted by Crippen LogP contribution is 2.47. The number of β-lactam (4-membered cyclic amide) rings is 1. The van der Waals surface area contributed by atoms with E-state index < -0.39 is 18.0 Å². The number of hydrogen-bond donors (Lipinski definition) is 2. The summed E-state index contributed by atoms with van der Waals surface area (Å²) in [6.45, 7) is 0. The van der Waals surface area contributed by atoms with E-state index in [1.165, 1.54) is 46.5 Å². The summed E-state index contributed by atoms with van der Waals surface area (Å²) in [5.74, 6) is 1.14. The Hall–Kier alpha value is -4.60. The van der Waals surface area contributed by atoms with Crippen LogP contribution in [0.3, 0.4) is 0 Å². The first kappa shape index (κ1) is 25.5. The molecule has 1 heterocycles. The molecule has 0 aliphatic carbocycles. The number of phenolic OH excluding ortho intramolecular Hbond substituents is 1. The number of carbonyl (C=O) groups is 2. The van der Waals surface area contributed by atoms with Crippen molar-refractivity contribution in [3.8, 4) is 34.5 Å². The van der Waals surface area contributed by atoms with E-state index in [9.17, 15) is 14.7 Å². The zero-order valence-corrected chi connectivity index (χ0v) is 21.1. The Bertz CT molecular complexity index is 1280. The SMILES string of the molecule is COc1ccc(C(=O)N[C@@H]2C(=O)N(c3cc(OC)c(OC)c(OC)c3)[C@H]2c2ccc(OC)c(O)c2)cc1. The molecule has 1 saturated heterocycles. The molecule has 4 rings (SSSR count). The summed E-state index contributed by atoms with van der Waals surface area (Å²) >= 11 is 0. The summed E-state index contributed by atoms with van der Waals surface area (Å²) in [6, 6.07) is 13.1. The van der Waals surface area contributed by atoms with Gasteiger partial charge in [0.25, 0.3) is 11.8 Å². The Morgan fingerprint density at radius 2 is 1.43 bits per heavy atom. The van der Waals surface area contributed by atoms with E-state index in [4.69, 9.17) is 23.7 Å². The summed E-state index contributed by atoms with van der Waals surface area (Å²) in [4.78, 5) is 28.0. The Morgan fingerprint density at radius 3 is 1.95 bits per heavy atom. The molecule has 0 unspecified atom stereocenters. The lowest BCUT2D eigenvalue weighted by molar-refractivity contribution is -0.127. The van der Waals surface area contributed by atoms with Gasteiger partial charge in [-0.15, -0.1) is 0 Å². The number of methoxy groups -OCH3 is 5. The minimum Gasteiger partial charge on any atom is -0.504 e. The Labute approximate surface area is 214 Å². The van der Waals surface area contributed by atoms with Gasteiger partial charge in [-0.25, -0.2) is 0 Å². The van der Waals surface area contributed by atoms with Gasteiger partial charge in [-0.1, -0.05) is 6.07 Å². The topological polar surface area (TPSA) is 116 Å². The van der Waals surface area contributed by atoms with Crippen LogP contribution in [0.2, 0.25) is 0 Å². The Morgan fingerprint density at radius 1 is 0.811 bits per heavy atom. The van der Waals surface area contributed by atoms with Crippen molar-refractivity contribution in [3.63, 3.8) is 0 Å². The number of ether oxygens (including phenoxy) is 5. The number of carbonyl (C=O) groups excluding carboxylic acids is 2. The number of nitrogens with zero attached hydrogens (tertiary/aromatic N) is 1. The second-order valence-corrected chi connectivity index (χ2v) is 8.15. The van der Waals surface area contributed by atoms with Gasteiger partial charge in [0.1, 0.15) is 11.8 Å². The van der Waals surface area contributed by atoms with Gasteiger partial charge in [0, 0.05) is 17.7 Å². The molecule has 0 saturated carbocycles. The molecule has 37 heavy (non-hydrogen) atoms. The van der Waals surface area contributed by atoms with E-state index in [-0.39, 0.29) is 17.4 Å². The van der Waals surface area contributed by atoms with Crippen LogP contribution in [0.25, 0.3) is 0 Å². The van der Waals surface area contributed by atoms with Crippen LogP contribution in [-0.4, -0.2) is 58.5 Å². The van der Waals surface area contributed by atoms with Gasteiger partial charge in [-0.2, -0.15) is 0 Å². The van der Waals surface area contributed by atoms with E-state index in [0.717, 1.165) is 0 Å². The van der Waals surface area contributed by atoms with Crippen LogP contribution >= 0.6 is 0 Å². The number of anilines is 1. The zero-order chi connectivity index (χ0) is 26.7. The van der Waals surface area contributed by atoms with Gasteiger partial charge in [-0.3, -0.25) is 9.59 Å². The Kier molecular flexibility index (Phi) is 7.28. The fourth-order valence-electron chi connectivity index (χ4n) is 4.32. The molecular formula is C27H28N2O8. The summed E-state index contributed by atoms with van der Waals surface area (Å²) in [7, 11) is 7.44. The number of benzene rings is 3. The quantitative estimate of drug-likeness (QED) is 0.423. The second kappa shape index (κ2) is 10.6. The van der Waals surface area contributed by atoms with Crippen LogP contribution in [0.4, 0.5) is 5.69 Å². The van der Waals surface area contributed by atoms with Crippen LogP contribution in [0, 0.1) is 0 Å². The standard InChI is InChI=1S/C27H28N2O8/c1-33-18-9-6-15(7-10-18)26(31)28-23-24(16-8-11-20(34-2)19(30)12-16)29(27(23)32)17-13-21(35-3)25(37-5)22(14-17)36-4/h6-14,23-24,30H,1-5H3,(H,28,31)/t23-,24-/m0/s1. The molecule has 2 amide bonds. The average Bonchev–Trinajstić information content (AvgIpc) is 2.93. The van der Waals surface area contributed by atoms with Crippen LogP contribution in [0.5, 0.6) is 34.5 Å². The lowest BCUT2D eigenvalue weighted by Crippen LogP contribution is -2.66. The molecule has 1 aliphatic heterocycles.